The van der Waals surface area contributed by atoms with E-state index in [9.17, 15) is 9.90 Å². The van der Waals surface area contributed by atoms with Crippen molar-refractivity contribution in [3.8, 4) is 17.1 Å². The van der Waals surface area contributed by atoms with Gasteiger partial charge in [0, 0.05) is 68.3 Å². The number of carbonyl (C=O) groups excluding carboxylic acids is 1. The first-order valence-electron chi connectivity index (χ1n) is 15.3. The molecular weight excluding hydrogens is 586 g/mol. The van der Waals surface area contributed by atoms with Gasteiger partial charge in [0.1, 0.15) is 24.1 Å². The van der Waals surface area contributed by atoms with E-state index in [4.69, 9.17) is 10.5 Å². The summed E-state index contributed by atoms with van der Waals surface area (Å²) in [5, 5.41) is 16.9. The number of nitrogens with zero attached hydrogens (tertiary/aromatic N) is 7. The molecule has 2 atom stereocenters. The number of nitrogens with one attached hydrogen (secondary N) is 3. The molecule has 5 heterocycles. The van der Waals surface area contributed by atoms with Gasteiger partial charge in [0.25, 0.3) is 5.95 Å². The zero-order chi connectivity index (χ0) is 32.2. The van der Waals surface area contributed by atoms with Crippen molar-refractivity contribution in [3.05, 3.63) is 60.3 Å². The van der Waals surface area contributed by atoms with E-state index in [-0.39, 0.29) is 30.6 Å². The second-order valence-corrected chi connectivity index (χ2v) is 11.7. The van der Waals surface area contributed by atoms with Crippen molar-refractivity contribution in [3.63, 3.8) is 0 Å². The lowest BCUT2D eigenvalue weighted by molar-refractivity contribution is -0.117. The molecule has 0 bridgehead atoms. The SMILES string of the molecule is CN/C(C)=C\C(N)=N/c1ncc(C)c(-c2c[nH]c3c(NC(=O)CN4CC[C@H](Oc5cc(N6CCC(O)C6)ncn5)C4)cccc23)n1. The van der Waals surface area contributed by atoms with Crippen LogP contribution in [0.15, 0.2) is 59.8 Å². The van der Waals surface area contributed by atoms with E-state index in [0.29, 0.717) is 30.5 Å². The lowest BCUT2D eigenvalue weighted by Gasteiger charge is -2.19. The van der Waals surface area contributed by atoms with Gasteiger partial charge in [0.15, 0.2) is 0 Å². The molecule has 1 aromatic carbocycles. The summed E-state index contributed by atoms with van der Waals surface area (Å²) in [6, 6.07) is 7.59. The number of aliphatic hydroxyl groups is 1. The Hall–Kier alpha value is -5.08. The molecule has 0 spiro atoms. The largest absolute Gasteiger partial charge is 0.473 e. The fraction of sp³-hybridized carbons (Fsp3) is 0.375. The first-order chi connectivity index (χ1) is 22.2. The van der Waals surface area contributed by atoms with Gasteiger partial charge in [-0.25, -0.2) is 19.9 Å². The Balaban J connectivity index is 1.10. The molecule has 4 aromatic rings. The Morgan fingerprint density at radius 1 is 1.24 bits per heavy atom. The number of aromatic amines is 1. The Bertz CT molecular complexity index is 1790. The van der Waals surface area contributed by atoms with E-state index >= 15 is 0 Å². The third kappa shape index (κ3) is 7.08. The molecule has 2 saturated heterocycles. The summed E-state index contributed by atoms with van der Waals surface area (Å²) in [4.78, 5) is 42.6. The quantitative estimate of drug-likeness (QED) is 0.129. The number of hydrogen-bond donors (Lipinski definition) is 5. The highest BCUT2D eigenvalue weighted by Gasteiger charge is 2.27. The van der Waals surface area contributed by atoms with Gasteiger partial charge in [0.05, 0.1) is 29.5 Å². The van der Waals surface area contributed by atoms with Crippen LogP contribution in [0.4, 0.5) is 17.5 Å². The summed E-state index contributed by atoms with van der Waals surface area (Å²) in [7, 11) is 1.81. The number of nitrogens with two attached hydrogens (primary N) is 1. The average Bonchev–Trinajstić information content (AvgIpc) is 3.79. The molecule has 2 aliphatic rings. The molecule has 240 valence electrons. The van der Waals surface area contributed by atoms with Crippen LogP contribution in [0, 0.1) is 6.92 Å². The van der Waals surface area contributed by atoms with E-state index in [1.807, 2.05) is 56.3 Å². The van der Waals surface area contributed by atoms with E-state index < -0.39 is 0 Å². The molecule has 0 aliphatic carbocycles. The van der Waals surface area contributed by atoms with Crippen molar-refractivity contribution < 1.29 is 14.6 Å². The zero-order valence-electron chi connectivity index (χ0n) is 26.2. The van der Waals surface area contributed by atoms with Crippen LogP contribution in [0.3, 0.4) is 0 Å². The van der Waals surface area contributed by atoms with Crippen molar-refractivity contribution in [1.29, 1.82) is 0 Å². The maximum absolute atomic E-state index is 13.2. The number of rotatable bonds is 10. The summed E-state index contributed by atoms with van der Waals surface area (Å²) in [6.45, 7) is 6.72. The predicted molar refractivity (Wildman–Crippen MR) is 177 cm³/mol. The first-order valence-corrected chi connectivity index (χ1v) is 15.3. The van der Waals surface area contributed by atoms with Gasteiger partial charge in [-0.2, -0.15) is 4.99 Å². The van der Waals surface area contributed by atoms with Gasteiger partial charge < -0.3 is 36.1 Å². The second-order valence-electron chi connectivity index (χ2n) is 11.7. The van der Waals surface area contributed by atoms with Crippen LogP contribution in [-0.2, 0) is 4.79 Å². The normalized spacial score (nSPS) is 19.2. The topological polar surface area (TPSA) is 183 Å². The summed E-state index contributed by atoms with van der Waals surface area (Å²) in [6.07, 6.45) is 7.90. The number of para-hydroxylation sites is 1. The molecule has 1 amide bonds. The van der Waals surface area contributed by atoms with E-state index in [1.165, 1.54) is 6.33 Å². The minimum absolute atomic E-state index is 0.0850. The number of aromatic nitrogens is 5. The number of carbonyl (C=O) groups is 1. The summed E-state index contributed by atoms with van der Waals surface area (Å²) in [5.74, 6) is 1.69. The van der Waals surface area contributed by atoms with Crippen LogP contribution in [0.1, 0.15) is 25.3 Å². The number of likely N-dealkylation sites (tertiary alicyclic amines) is 1. The second kappa shape index (κ2) is 13.5. The zero-order valence-corrected chi connectivity index (χ0v) is 26.2. The molecule has 3 aromatic heterocycles. The molecule has 0 saturated carbocycles. The third-order valence-corrected chi connectivity index (χ3v) is 8.19. The van der Waals surface area contributed by atoms with Gasteiger partial charge in [0.2, 0.25) is 11.8 Å². The first kappa shape index (κ1) is 30.9. The molecule has 2 fully saturated rings. The molecule has 46 heavy (non-hydrogen) atoms. The number of anilines is 2. The van der Waals surface area contributed by atoms with Crippen molar-refractivity contribution in [2.45, 2.75) is 38.9 Å². The highest BCUT2D eigenvalue weighted by Crippen LogP contribution is 2.33. The highest BCUT2D eigenvalue weighted by atomic mass is 16.5. The van der Waals surface area contributed by atoms with Crippen LogP contribution in [-0.4, -0.2) is 98.6 Å². The minimum atomic E-state index is -0.336. The lowest BCUT2D eigenvalue weighted by Crippen LogP contribution is -2.33. The Morgan fingerprint density at radius 3 is 2.91 bits per heavy atom. The molecule has 14 nitrogen and oxygen atoms in total. The molecular formula is C32H39N11O3. The van der Waals surface area contributed by atoms with Crippen LogP contribution in [0.2, 0.25) is 0 Å². The Kier molecular flexibility index (Phi) is 9.08. The third-order valence-electron chi connectivity index (χ3n) is 8.19. The molecule has 0 radical (unpaired) electrons. The fourth-order valence-corrected chi connectivity index (χ4v) is 5.77. The molecule has 6 rings (SSSR count). The molecule has 2 aliphatic heterocycles. The van der Waals surface area contributed by atoms with Crippen LogP contribution >= 0.6 is 0 Å². The smallest absolute Gasteiger partial charge is 0.251 e. The average molecular weight is 626 g/mol. The van der Waals surface area contributed by atoms with Crippen LogP contribution < -0.4 is 26.0 Å². The van der Waals surface area contributed by atoms with Crippen LogP contribution in [0.25, 0.3) is 22.2 Å². The van der Waals surface area contributed by atoms with Crippen molar-refractivity contribution in [1.82, 2.24) is 35.1 Å². The highest BCUT2D eigenvalue weighted by molar-refractivity contribution is 6.06. The monoisotopic (exact) mass is 625 g/mol. The predicted octanol–water partition coefficient (Wildman–Crippen LogP) is 2.50. The van der Waals surface area contributed by atoms with Gasteiger partial charge >= 0.3 is 0 Å². The number of hydrogen-bond acceptors (Lipinski definition) is 11. The van der Waals surface area contributed by atoms with Gasteiger partial charge in [-0.15, -0.1) is 0 Å². The lowest BCUT2D eigenvalue weighted by atomic mass is 10.1. The summed E-state index contributed by atoms with van der Waals surface area (Å²) < 4.78 is 6.15. The number of β-amino-alcohol motifs (C(OH)–C–C–N with tert-alkyl or cyclic N) is 1. The number of benzene rings is 1. The minimum Gasteiger partial charge on any atom is -0.473 e. The number of ether oxygens (including phenoxy) is 1. The van der Waals surface area contributed by atoms with E-state index in [0.717, 1.165) is 65.2 Å². The number of amidine groups is 1. The van der Waals surface area contributed by atoms with Crippen LogP contribution in [0.5, 0.6) is 5.88 Å². The summed E-state index contributed by atoms with van der Waals surface area (Å²) in [5.41, 5.74) is 10.9. The standard InChI is InChI=1S/C32H39N11O3/c1-19-13-36-32(40-26(33)11-20(2)34-3)41-30(19)24-14-35-31-23(24)5-4-6-25(31)39-28(45)17-42-9-8-22(16-42)46-29-12-27(37-18-38-29)43-10-7-21(44)15-43/h4-6,11-14,18,21-22,34-35,44H,7-10,15-17H2,1-3H3,(H,39,45)(H2,33,36,40,41)/b20-11-/t21?,22-/m0/s1. The number of aliphatic imine (C=N–C) groups is 1. The van der Waals surface area contributed by atoms with Crippen molar-refractivity contribution >= 4 is 40.1 Å². The van der Waals surface area contributed by atoms with Gasteiger partial charge in [-0.3, -0.25) is 9.69 Å². The number of allylic oxidation sites excluding steroid dienone is 1. The Morgan fingerprint density at radius 2 is 2.11 bits per heavy atom. The van der Waals surface area contributed by atoms with Crippen molar-refractivity contribution in [2.75, 3.05) is 50.0 Å². The summed E-state index contributed by atoms with van der Waals surface area (Å²) >= 11 is 0. The number of amides is 1. The van der Waals surface area contributed by atoms with Crippen molar-refractivity contribution in [2.24, 2.45) is 10.7 Å². The number of aliphatic hydroxyl groups excluding tert-OH is 1. The number of H-pyrrole nitrogens is 1. The number of fused-ring (bicyclic) bond motifs is 1. The maximum Gasteiger partial charge on any atom is 0.251 e. The van der Waals surface area contributed by atoms with E-state index in [1.54, 1.807) is 12.3 Å². The van der Waals surface area contributed by atoms with Gasteiger partial charge in [-0.1, -0.05) is 12.1 Å². The fourth-order valence-electron chi connectivity index (χ4n) is 5.77. The van der Waals surface area contributed by atoms with Gasteiger partial charge in [-0.05, 0) is 44.4 Å². The number of aryl methyl sites for hydroxylation is 1. The Labute approximate surface area is 266 Å². The molecule has 6 N–H and O–H groups in total. The molecule has 14 heteroatoms. The molecule has 1 unspecified atom stereocenters. The maximum atomic E-state index is 13.2. The van der Waals surface area contributed by atoms with E-state index in [2.05, 4.69) is 45.4 Å².